The molecule has 1 aromatic rings. The molecule has 25 heavy (non-hydrogen) atoms. The first kappa shape index (κ1) is 19.7. The van der Waals surface area contributed by atoms with Crippen LogP contribution in [0.15, 0.2) is 30.3 Å². The maximum absolute atomic E-state index is 12.8. The van der Waals surface area contributed by atoms with E-state index in [0.29, 0.717) is 31.6 Å². The summed E-state index contributed by atoms with van der Waals surface area (Å²) >= 11 is 5.90. The fraction of sp³-hybridized carbons (Fsp3) is 0.579. The minimum absolute atomic E-state index is 0.137. The zero-order chi connectivity index (χ0) is 18.4. The van der Waals surface area contributed by atoms with Crippen molar-refractivity contribution in [1.29, 1.82) is 0 Å². The molecule has 0 bridgehead atoms. The Labute approximate surface area is 154 Å². The lowest BCUT2D eigenvalue weighted by Gasteiger charge is -2.42. The number of halogens is 1. The predicted molar refractivity (Wildman–Crippen MR) is 96.4 cm³/mol. The molecule has 138 valence electrons. The molecular formula is C19H26ClNO4. The molecule has 0 spiro atoms. The third-order valence-electron chi connectivity index (χ3n) is 5.12. The van der Waals surface area contributed by atoms with Crippen molar-refractivity contribution in [3.63, 3.8) is 0 Å². The van der Waals surface area contributed by atoms with Crippen LogP contribution in [0.2, 0.25) is 0 Å². The monoisotopic (exact) mass is 367 g/mol. The Bertz CT molecular complexity index is 594. The number of hydrogen-bond donors (Lipinski definition) is 0. The van der Waals surface area contributed by atoms with E-state index in [1.54, 1.807) is 0 Å². The van der Waals surface area contributed by atoms with E-state index < -0.39 is 11.6 Å². The predicted octanol–water partition coefficient (Wildman–Crippen LogP) is 3.32. The zero-order valence-electron chi connectivity index (χ0n) is 15.0. The molecule has 1 aromatic carbocycles. The van der Waals surface area contributed by atoms with E-state index in [2.05, 4.69) is 0 Å². The highest BCUT2D eigenvalue weighted by Gasteiger charge is 2.56. The minimum Gasteiger partial charge on any atom is -0.468 e. The fourth-order valence-corrected chi connectivity index (χ4v) is 4.09. The summed E-state index contributed by atoms with van der Waals surface area (Å²) < 4.78 is 10.1. The highest BCUT2D eigenvalue weighted by molar-refractivity contribution is 6.17. The SMILES string of the molecule is COC(=O)[C@H]1CCC(CCCCl)(C(=O)OC)N1[C@@H](C)c1ccccc1. The molecule has 2 rings (SSSR count). The number of hydrogen-bond acceptors (Lipinski definition) is 5. The van der Waals surface area contributed by atoms with Gasteiger partial charge in [-0.3, -0.25) is 14.5 Å². The topological polar surface area (TPSA) is 55.8 Å². The number of methoxy groups -OCH3 is 2. The lowest BCUT2D eigenvalue weighted by molar-refractivity contribution is -0.161. The second kappa shape index (κ2) is 8.68. The van der Waals surface area contributed by atoms with Gasteiger partial charge in [0.05, 0.1) is 14.2 Å². The Morgan fingerprint density at radius 2 is 1.96 bits per heavy atom. The summed E-state index contributed by atoms with van der Waals surface area (Å²) in [5, 5.41) is 0. The van der Waals surface area contributed by atoms with Gasteiger partial charge in [-0.1, -0.05) is 30.3 Å². The molecule has 1 heterocycles. The Kier molecular flexibility index (Phi) is 6.85. The number of alkyl halides is 1. The van der Waals surface area contributed by atoms with Crippen LogP contribution in [0, 0.1) is 0 Å². The Hall–Kier alpha value is -1.59. The first-order valence-corrected chi connectivity index (χ1v) is 9.11. The summed E-state index contributed by atoms with van der Waals surface area (Å²) in [5.41, 5.74) is 0.176. The third-order valence-corrected chi connectivity index (χ3v) is 5.39. The van der Waals surface area contributed by atoms with E-state index in [1.165, 1.54) is 14.2 Å². The van der Waals surface area contributed by atoms with E-state index in [-0.39, 0.29) is 18.0 Å². The zero-order valence-corrected chi connectivity index (χ0v) is 15.8. The van der Waals surface area contributed by atoms with Crippen molar-refractivity contribution in [3.8, 4) is 0 Å². The Balaban J connectivity index is 2.48. The number of benzene rings is 1. The van der Waals surface area contributed by atoms with Crippen LogP contribution < -0.4 is 0 Å². The molecule has 0 radical (unpaired) electrons. The van der Waals surface area contributed by atoms with E-state index >= 15 is 0 Å². The van der Waals surface area contributed by atoms with E-state index in [0.717, 1.165) is 5.56 Å². The van der Waals surface area contributed by atoms with Gasteiger partial charge < -0.3 is 9.47 Å². The van der Waals surface area contributed by atoms with Crippen molar-refractivity contribution in [2.45, 2.75) is 50.2 Å². The summed E-state index contributed by atoms with van der Waals surface area (Å²) in [6.45, 7) is 2.01. The number of likely N-dealkylation sites (tertiary alicyclic amines) is 1. The normalized spacial score (nSPS) is 24.7. The first-order chi connectivity index (χ1) is 12.0. The molecule has 1 unspecified atom stereocenters. The van der Waals surface area contributed by atoms with Gasteiger partial charge in [0, 0.05) is 11.9 Å². The van der Waals surface area contributed by atoms with Gasteiger partial charge >= 0.3 is 11.9 Å². The van der Waals surface area contributed by atoms with Gasteiger partial charge in [-0.25, -0.2) is 0 Å². The molecule has 0 saturated carbocycles. The number of esters is 2. The number of carbonyl (C=O) groups excluding carboxylic acids is 2. The Morgan fingerprint density at radius 1 is 1.28 bits per heavy atom. The first-order valence-electron chi connectivity index (χ1n) is 8.57. The van der Waals surface area contributed by atoms with Crippen molar-refractivity contribution in [2.24, 2.45) is 0 Å². The van der Waals surface area contributed by atoms with Crippen LogP contribution in [0.5, 0.6) is 0 Å². The van der Waals surface area contributed by atoms with Crippen molar-refractivity contribution in [3.05, 3.63) is 35.9 Å². The number of rotatable bonds is 7. The molecule has 0 aromatic heterocycles. The largest absolute Gasteiger partial charge is 0.468 e. The van der Waals surface area contributed by atoms with Crippen LogP contribution in [-0.4, -0.2) is 48.5 Å². The van der Waals surface area contributed by atoms with Gasteiger partial charge in [-0.2, -0.15) is 0 Å². The smallest absolute Gasteiger partial charge is 0.326 e. The fourth-order valence-electron chi connectivity index (χ4n) is 3.96. The second-order valence-electron chi connectivity index (χ2n) is 6.39. The molecule has 6 heteroatoms. The molecule has 1 fully saturated rings. The maximum atomic E-state index is 12.8. The summed E-state index contributed by atoms with van der Waals surface area (Å²) in [6.07, 6.45) is 2.32. The maximum Gasteiger partial charge on any atom is 0.326 e. The summed E-state index contributed by atoms with van der Waals surface area (Å²) in [6, 6.07) is 9.24. The average molecular weight is 368 g/mol. The highest BCUT2D eigenvalue weighted by Crippen LogP contribution is 2.44. The van der Waals surface area contributed by atoms with Crippen LogP contribution in [0.4, 0.5) is 0 Å². The molecule has 1 aliphatic heterocycles. The van der Waals surface area contributed by atoms with Gasteiger partial charge in [0.25, 0.3) is 0 Å². The third kappa shape index (κ3) is 3.82. The van der Waals surface area contributed by atoms with Crippen molar-refractivity contribution >= 4 is 23.5 Å². The quantitative estimate of drug-likeness (QED) is 0.546. The number of ether oxygens (including phenoxy) is 2. The van der Waals surface area contributed by atoms with Crippen LogP contribution in [0.1, 0.15) is 44.2 Å². The molecule has 3 atom stereocenters. The highest BCUT2D eigenvalue weighted by atomic mass is 35.5. The van der Waals surface area contributed by atoms with Crippen LogP contribution in [0.25, 0.3) is 0 Å². The van der Waals surface area contributed by atoms with Crippen molar-refractivity contribution in [2.75, 3.05) is 20.1 Å². The minimum atomic E-state index is -0.863. The molecule has 0 N–H and O–H groups in total. The lowest BCUT2D eigenvalue weighted by Crippen LogP contribution is -2.56. The van der Waals surface area contributed by atoms with E-state index in [4.69, 9.17) is 21.1 Å². The standard InChI is InChI=1S/C19H26ClNO4/c1-14(15-8-5-4-6-9-15)21-16(17(22)24-2)10-12-19(21,11-7-13-20)18(23)25-3/h4-6,8-9,14,16H,7,10-13H2,1-3H3/t14-,16+,19?/m0/s1. The Morgan fingerprint density at radius 3 is 2.52 bits per heavy atom. The van der Waals surface area contributed by atoms with Crippen LogP contribution in [0.3, 0.4) is 0 Å². The summed E-state index contributed by atoms with van der Waals surface area (Å²) in [7, 11) is 2.77. The summed E-state index contributed by atoms with van der Waals surface area (Å²) in [4.78, 5) is 27.2. The number of nitrogens with zero attached hydrogens (tertiary/aromatic N) is 1. The van der Waals surface area contributed by atoms with Gasteiger partial charge in [0.2, 0.25) is 0 Å². The van der Waals surface area contributed by atoms with Crippen LogP contribution in [-0.2, 0) is 19.1 Å². The molecular weight excluding hydrogens is 342 g/mol. The molecule has 1 aliphatic rings. The average Bonchev–Trinajstić information content (AvgIpc) is 3.05. The number of carbonyl (C=O) groups is 2. The van der Waals surface area contributed by atoms with Gasteiger partial charge in [-0.15, -0.1) is 11.6 Å². The van der Waals surface area contributed by atoms with Gasteiger partial charge in [0.1, 0.15) is 11.6 Å². The van der Waals surface area contributed by atoms with E-state index in [1.807, 2.05) is 42.2 Å². The molecule has 0 aliphatic carbocycles. The van der Waals surface area contributed by atoms with Gasteiger partial charge in [0.15, 0.2) is 0 Å². The van der Waals surface area contributed by atoms with Crippen molar-refractivity contribution < 1.29 is 19.1 Å². The van der Waals surface area contributed by atoms with Crippen molar-refractivity contribution in [1.82, 2.24) is 4.90 Å². The summed E-state index contributed by atoms with van der Waals surface area (Å²) in [5.74, 6) is -0.180. The lowest BCUT2D eigenvalue weighted by atomic mass is 9.88. The second-order valence-corrected chi connectivity index (χ2v) is 6.77. The molecule has 5 nitrogen and oxygen atoms in total. The molecule has 1 saturated heterocycles. The molecule has 0 amide bonds. The van der Waals surface area contributed by atoms with Crippen LogP contribution >= 0.6 is 11.6 Å². The van der Waals surface area contributed by atoms with Gasteiger partial charge in [-0.05, 0) is 38.2 Å². The van der Waals surface area contributed by atoms with E-state index in [9.17, 15) is 9.59 Å².